The standard InChI is InChI=1S/C22H21Cl4NO5/c1-5-27(6-2)12-8-9-13(14(10-12)31-7-3)21(29)15-16(22(30)32-11(4)28)18(24)20(26)19(25)17(15)23/h8-10H,5-7H2,1-4H3. The third-order valence-electron chi connectivity index (χ3n) is 4.57. The highest BCUT2D eigenvalue weighted by atomic mass is 35.5. The van der Waals surface area contributed by atoms with Crippen molar-refractivity contribution in [1.29, 1.82) is 0 Å². The minimum atomic E-state index is -1.18. The van der Waals surface area contributed by atoms with Crippen LogP contribution in [0.2, 0.25) is 20.1 Å². The van der Waals surface area contributed by atoms with Gasteiger partial charge in [0, 0.05) is 31.8 Å². The maximum atomic E-state index is 13.6. The first-order chi connectivity index (χ1) is 15.1. The second-order valence-corrected chi connectivity index (χ2v) is 8.01. The van der Waals surface area contributed by atoms with Crippen LogP contribution in [0, 0.1) is 0 Å². The summed E-state index contributed by atoms with van der Waals surface area (Å²) in [6, 6.07) is 5.04. The smallest absolute Gasteiger partial charge is 0.348 e. The van der Waals surface area contributed by atoms with Crippen LogP contribution in [0.25, 0.3) is 0 Å². The van der Waals surface area contributed by atoms with E-state index < -0.39 is 23.3 Å². The fourth-order valence-electron chi connectivity index (χ4n) is 3.11. The third-order valence-corrected chi connectivity index (χ3v) is 6.38. The van der Waals surface area contributed by atoms with Crippen molar-refractivity contribution in [1.82, 2.24) is 0 Å². The summed E-state index contributed by atoms with van der Waals surface area (Å²) in [4.78, 5) is 39.6. The van der Waals surface area contributed by atoms with Crippen molar-refractivity contribution in [2.24, 2.45) is 0 Å². The van der Waals surface area contributed by atoms with E-state index in [9.17, 15) is 14.4 Å². The van der Waals surface area contributed by atoms with E-state index >= 15 is 0 Å². The van der Waals surface area contributed by atoms with Gasteiger partial charge in [-0.3, -0.25) is 9.59 Å². The Balaban J connectivity index is 2.76. The van der Waals surface area contributed by atoms with Gasteiger partial charge in [0.05, 0.1) is 43.4 Å². The Bertz CT molecular complexity index is 1070. The van der Waals surface area contributed by atoms with Crippen LogP contribution < -0.4 is 9.64 Å². The molecule has 32 heavy (non-hydrogen) atoms. The molecule has 0 aliphatic carbocycles. The molecule has 10 heteroatoms. The van der Waals surface area contributed by atoms with E-state index in [-0.39, 0.29) is 43.6 Å². The van der Waals surface area contributed by atoms with Gasteiger partial charge in [-0.1, -0.05) is 46.4 Å². The van der Waals surface area contributed by atoms with Crippen LogP contribution in [0.1, 0.15) is 54.0 Å². The number of benzene rings is 2. The Morgan fingerprint density at radius 3 is 1.94 bits per heavy atom. The summed E-state index contributed by atoms with van der Waals surface area (Å²) in [7, 11) is 0. The van der Waals surface area contributed by atoms with Gasteiger partial charge in [0.1, 0.15) is 5.75 Å². The lowest BCUT2D eigenvalue weighted by atomic mass is 9.96. The minimum absolute atomic E-state index is 0.121. The van der Waals surface area contributed by atoms with Crippen molar-refractivity contribution >= 4 is 69.8 Å². The molecule has 0 N–H and O–H groups in total. The van der Waals surface area contributed by atoms with Gasteiger partial charge in [-0.2, -0.15) is 0 Å². The van der Waals surface area contributed by atoms with Crippen LogP contribution in [-0.2, 0) is 9.53 Å². The fourth-order valence-corrected chi connectivity index (χ4v) is 4.13. The topological polar surface area (TPSA) is 72.9 Å². The number of hydrogen-bond acceptors (Lipinski definition) is 6. The molecule has 0 heterocycles. The zero-order chi connectivity index (χ0) is 24.2. The van der Waals surface area contributed by atoms with Crippen molar-refractivity contribution in [2.45, 2.75) is 27.7 Å². The molecule has 0 aliphatic rings. The van der Waals surface area contributed by atoms with Crippen molar-refractivity contribution in [2.75, 3.05) is 24.6 Å². The molecule has 0 aliphatic heterocycles. The van der Waals surface area contributed by atoms with E-state index in [1.807, 2.05) is 13.8 Å². The van der Waals surface area contributed by atoms with Crippen LogP contribution in [0.15, 0.2) is 18.2 Å². The number of carbonyl (C=O) groups excluding carboxylic acids is 3. The number of ether oxygens (including phenoxy) is 2. The average Bonchev–Trinajstić information content (AvgIpc) is 2.75. The monoisotopic (exact) mass is 519 g/mol. The van der Waals surface area contributed by atoms with Gasteiger partial charge in [-0.25, -0.2) is 4.79 Å². The predicted molar refractivity (Wildman–Crippen MR) is 127 cm³/mol. The lowest BCUT2D eigenvalue weighted by molar-refractivity contribution is -0.135. The Hall–Kier alpha value is -1.99. The molecule has 0 aromatic heterocycles. The fraction of sp³-hybridized carbons (Fsp3) is 0.318. The lowest BCUT2D eigenvalue weighted by Crippen LogP contribution is -2.22. The van der Waals surface area contributed by atoms with Crippen LogP contribution in [-0.4, -0.2) is 37.4 Å². The van der Waals surface area contributed by atoms with E-state index in [0.717, 1.165) is 25.7 Å². The number of halogens is 4. The molecule has 2 rings (SSSR count). The molecular formula is C22H21Cl4NO5. The van der Waals surface area contributed by atoms with E-state index in [2.05, 4.69) is 9.64 Å². The van der Waals surface area contributed by atoms with Gasteiger partial charge in [0.25, 0.3) is 0 Å². The average molecular weight is 521 g/mol. The number of nitrogens with zero attached hydrogens (tertiary/aromatic N) is 1. The summed E-state index contributed by atoms with van der Waals surface area (Å²) >= 11 is 24.8. The van der Waals surface area contributed by atoms with Crippen LogP contribution in [0.5, 0.6) is 5.75 Å². The molecule has 0 radical (unpaired) electrons. The normalized spacial score (nSPS) is 10.6. The molecule has 2 aromatic rings. The van der Waals surface area contributed by atoms with Gasteiger partial charge in [0.2, 0.25) is 0 Å². The zero-order valence-corrected chi connectivity index (χ0v) is 20.9. The second-order valence-electron chi connectivity index (χ2n) is 6.50. The molecule has 0 atom stereocenters. The van der Waals surface area contributed by atoms with Crippen molar-refractivity contribution in [3.63, 3.8) is 0 Å². The Kier molecular flexibility index (Phi) is 9.22. The SMILES string of the molecule is CCOc1cc(N(CC)CC)ccc1C(=O)c1c(Cl)c(Cl)c(Cl)c(Cl)c1C(=O)OC(C)=O. The maximum Gasteiger partial charge on any atom is 0.348 e. The molecule has 0 amide bonds. The maximum absolute atomic E-state index is 13.6. The molecular weight excluding hydrogens is 500 g/mol. The van der Waals surface area contributed by atoms with E-state index in [1.54, 1.807) is 25.1 Å². The first-order valence-electron chi connectivity index (χ1n) is 9.73. The highest BCUT2D eigenvalue weighted by Crippen LogP contribution is 2.43. The summed E-state index contributed by atoms with van der Waals surface area (Å²) < 4.78 is 10.3. The Morgan fingerprint density at radius 2 is 1.44 bits per heavy atom. The van der Waals surface area contributed by atoms with Gasteiger partial charge in [-0.15, -0.1) is 0 Å². The number of esters is 2. The van der Waals surface area contributed by atoms with Gasteiger partial charge >= 0.3 is 11.9 Å². The highest BCUT2D eigenvalue weighted by molar-refractivity contribution is 6.54. The van der Waals surface area contributed by atoms with Gasteiger partial charge in [-0.05, 0) is 32.9 Å². The van der Waals surface area contributed by atoms with Crippen LogP contribution in [0.3, 0.4) is 0 Å². The van der Waals surface area contributed by atoms with Crippen molar-refractivity contribution < 1.29 is 23.9 Å². The minimum Gasteiger partial charge on any atom is -0.493 e. The molecule has 0 fully saturated rings. The molecule has 0 saturated heterocycles. The first-order valence-corrected chi connectivity index (χ1v) is 11.2. The van der Waals surface area contributed by atoms with E-state index in [1.165, 1.54) is 0 Å². The molecule has 0 bridgehead atoms. The molecule has 0 unspecified atom stereocenters. The first kappa shape index (κ1) is 26.3. The Morgan fingerprint density at radius 1 is 0.875 bits per heavy atom. The summed E-state index contributed by atoms with van der Waals surface area (Å²) in [5.41, 5.74) is 0.177. The highest BCUT2D eigenvalue weighted by Gasteiger charge is 2.32. The number of anilines is 1. The number of hydrogen-bond donors (Lipinski definition) is 0. The van der Waals surface area contributed by atoms with Crippen molar-refractivity contribution in [3.8, 4) is 5.75 Å². The quantitative estimate of drug-likeness (QED) is 0.130. The number of rotatable bonds is 8. The lowest BCUT2D eigenvalue weighted by Gasteiger charge is -2.23. The van der Waals surface area contributed by atoms with Crippen LogP contribution >= 0.6 is 46.4 Å². The summed E-state index contributed by atoms with van der Waals surface area (Å²) in [6.45, 7) is 8.62. The molecule has 0 saturated carbocycles. The Labute approximate surface area is 206 Å². The number of carbonyl (C=O) groups is 3. The van der Waals surface area contributed by atoms with Crippen molar-refractivity contribution in [3.05, 3.63) is 55.0 Å². The van der Waals surface area contributed by atoms with E-state index in [0.29, 0.717) is 0 Å². The number of ketones is 1. The molecule has 0 spiro atoms. The van der Waals surface area contributed by atoms with Gasteiger partial charge in [0.15, 0.2) is 5.78 Å². The predicted octanol–water partition coefficient (Wildman–Crippen LogP) is 6.48. The largest absolute Gasteiger partial charge is 0.493 e. The summed E-state index contributed by atoms with van der Waals surface area (Å²) in [5.74, 6) is -2.49. The molecule has 6 nitrogen and oxygen atoms in total. The molecule has 2 aromatic carbocycles. The summed E-state index contributed by atoms with van der Waals surface area (Å²) in [6.07, 6.45) is 0. The second kappa shape index (κ2) is 11.2. The third kappa shape index (κ3) is 5.31. The van der Waals surface area contributed by atoms with Gasteiger partial charge < -0.3 is 14.4 Å². The molecule has 172 valence electrons. The zero-order valence-electron chi connectivity index (χ0n) is 17.9. The van der Waals surface area contributed by atoms with Crippen LogP contribution in [0.4, 0.5) is 5.69 Å². The van der Waals surface area contributed by atoms with E-state index in [4.69, 9.17) is 51.1 Å². The summed E-state index contributed by atoms with van der Waals surface area (Å²) in [5, 5.41) is -1.10.